The molecule has 1 aromatic rings. The number of benzene rings is 1. The summed E-state index contributed by atoms with van der Waals surface area (Å²) in [6.45, 7) is 5.97. The van der Waals surface area contributed by atoms with Gasteiger partial charge in [0.15, 0.2) is 0 Å². The van der Waals surface area contributed by atoms with Crippen molar-refractivity contribution in [2.75, 3.05) is 31.6 Å². The predicted octanol–water partition coefficient (Wildman–Crippen LogP) is 2.41. The molecule has 5 heteroatoms. The first-order chi connectivity index (χ1) is 9.20. The van der Waals surface area contributed by atoms with E-state index in [-0.39, 0.29) is 11.6 Å². The zero-order valence-corrected chi connectivity index (χ0v) is 11.5. The van der Waals surface area contributed by atoms with Crippen LogP contribution in [0.2, 0.25) is 0 Å². The Labute approximate surface area is 113 Å². The van der Waals surface area contributed by atoms with Gasteiger partial charge in [0.05, 0.1) is 17.9 Å². The average molecular weight is 268 g/mol. The molecule has 0 heterocycles. The lowest BCUT2D eigenvalue weighted by Gasteiger charge is -2.12. The standard InChI is InChI=1S/C14H21FN2O2/c1-3-8-16-13-11(6-5-7-12(13)15)14(18)17-9-10-19-4-2/h5-7,16H,3-4,8-10H2,1-2H3,(H,17,18). The molecule has 0 spiro atoms. The van der Waals surface area contributed by atoms with E-state index in [4.69, 9.17) is 4.74 Å². The van der Waals surface area contributed by atoms with E-state index in [1.54, 1.807) is 6.07 Å². The summed E-state index contributed by atoms with van der Waals surface area (Å²) in [5, 5.41) is 5.65. The lowest BCUT2D eigenvalue weighted by molar-refractivity contribution is 0.0923. The van der Waals surface area contributed by atoms with Crippen LogP contribution in [0, 0.1) is 5.82 Å². The number of para-hydroxylation sites is 1. The van der Waals surface area contributed by atoms with Crippen molar-refractivity contribution in [3.63, 3.8) is 0 Å². The summed E-state index contributed by atoms with van der Waals surface area (Å²) in [7, 11) is 0. The molecule has 0 aromatic heterocycles. The van der Waals surface area contributed by atoms with Gasteiger partial charge in [-0.3, -0.25) is 4.79 Å². The monoisotopic (exact) mass is 268 g/mol. The van der Waals surface area contributed by atoms with Crippen molar-refractivity contribution >= 4 is 11.6 Å². The quantitative estimate of drug-likeness (QED) is 0.712. The highest BCUT2D eigenvalue weighted by atomic mass is 19.1. The predicted molar refractivity (Wildman–Crippen MR) is 74.0 cm³/mol. The maximum absolute atomic E-state index is 13.7. The Morgan fingerprint density at radius 2 is 2.11 bits per heavy atom. The first kappa shape index (κ1) is 15.4. The largest absolute Gasteiger partial charge is 0.382 e. The summed E-state index contributed by atoms with van der Waals surface area (Å²) >= 11 is 0. The molecule has 0 aliphatic carbocycles. The molecule has 0 aliphatic heterocycles. The summed E-state index contributed by atoms with van der Waals surface area (Å²) in [6.07, 6.45) is 0.861. The molecule has 4 nitrogen and oxygen atoms in total. The zero-order valence-electron chi connectivity index (χ0n) is 11.5. The lowest BCUT2D eigenvalue weighted by atomic mass is 10.1. The molecule has 0 fully saturated rings. The van der Waals surface area contributed by atoms with E-state index in [1.807, 2.05) is 13.8 Å². The average Bonchev–Trinajstić information content (AvgIpc) is 2.42. The van der Waals surface area contributed by atoms with E-state index in [0.717, 1.165) is 6.42 Å². The fourth-order valence-electron chi connectivity index (χ4n) is 1.62. The van der Waals surface area contributed by atoms with Crippen molar-refractivity contribution in [2.45, 2.75) is 20.3 Å². The Balaban J connectivity index is 2.69. The first-order valence-electron chi connectivity index (χ1n) is 6.59. The Morgan fingerprint density at radius 3 is 2.79 bits per heavy atom. The number of amides is 1. The molecule has 19 heavy (non-hydrogen) atoms. The van der Waals surface area contributed by atoms with Crippen molar-refractivity contribution in [2.24, 2.45) is 0 Å². The van der Waals surface area contributed by atoms with Crippen LogP contribution in [0.15, 0.2) is 18.2 Å². The number of hydrogen-bond acceptors (Lipinski definition) is 3. The second kappa shape index (κ2) is 8.48. The number of nitrogens with one attached hydrogen (secondary N) is 2. The second-order valence-corrected chi connectivity index (χ2v) is 4.04. The molecule has 0 aliphatic rings. The van der Waals surface area contributed by atoms with Gasteiger partial charge >= 0.3 is 0 Å². The molecular formula is C14H21FN2O2. The van der Waals surface area contributed by atoms with Crippen LogP contribution < -0.4 is 10.6 Å². The van der Waals surface area contributed by atoms with Gasteiger partial charge in [-0.05, 0) is 25.5 Å². The third-order valence-electron chi connectivity index (χ3n) is 2.55. The van der Waals surface area contributed by atoms with Crippen LogP contribution in [0.4, 0.5) is 10.1 Å². The van der Waals surface area contributed by atoms with Crippen LogP contribution in [0.5, 0.6) is 0 Å². The maximum atomic E-state index is 13.7. The van der Waals surface area contributed by atoms with E-state index in [0.29, 0.717) is 31.9 Å². The van der Waals surface area contributed by atoms with E-state index < -0.39 is 5.82 Å². The summed E-state index contributed by atoms with van der Waals surface area (Å²) < 4.78 is 18.8. The van der Waals surface area contributed by atoms with Gasteiger partial charge in [0.2, 0.25) is 0 Å². The maximum Gasteiger partial charge on any atom is 0.253 e. The fraction of sp³-hybridized carbons (Fsp3) is 0.500. The van der Waals surface area contributed by atoms with Crippen LogP contribution in [-0.2, 0) is 4.74 Å². The first-order valence-corrected chi connectivity index (χ1v) is 6.59. The Hall–Kier alpha value is -1.62. The normalized spacial score (nSPS) is 10.3. The number of hydrogen-bond donors (Lipinski definition) is 2. The zero-order chi connectivity index (χ0) is 14.1. The van der Waals surface area contributed by atoms with Crippen molar-refractivity contribution < 1.29 is 13.9 Å². The van der Waals surface area contributed by atoms with Crippen molar-refractivity contribution in [3.8, 4) is 0 Å². The number of carbonyl (C=O) groups is 1. The highest BCUT2D eigenvalue weighted by molar-refractivity contribution is 5.99. The summed E-state index contributed by atoms with van der Waals surface area (Å²) in [5.41, 5.74) is 0.586. The highest BCUT2D eigenvalue weighted by Gasteiger charge is 2.14. The minimum atomic E-state index is -0.411. The van der Waals surface area contributed by atoms with Crippen LogP contribution in [0.1, 0.15) is 30.6 Å². The summed E-state index contributed by atoms with van der Waals surface area (Å²) in [4.78, 5) is 12.0. The molecule has 0 saturated carbocycles. The number of halogens is 1. The molecule has 0 atom stereocenters. The number of rotatable bonds is 8. The van der Waals surface area contributed by atoms with E-state index >= 15 is 0 Å². The summed E-state index contributed by atoms with van der Waals surface area (Å²) in [5.74, 6) is -0.705. The Kier molecular flexibility index (Phi) is 6.89. The highest BCUT2D eigenvalue weighted by Crippen LogP contribution is 2.19. The molecule has 0 bridgehead atoms. The topological polar surface area (TPSA) is 50.4 Å². The van der Waals surface area contributed by atoms with Crippen LogP contribution in [0.25, 0.3) is 0 Å². The van der Waals surface area contributed by atoms with Gasteiger partial charge in [0.1, 0.15) is 5.82 Å². The molecule has 0 unspecified atom stereocenters. The third-order valence-corrected chi connectivity index (χ3v) is 2.55. The molecule has 1 rings (SSSR count). The smallest absolute Gasteiger partial charge is 0.253 e. The minimum absolute atomic E-state index is 0.262. The van der Waals surface area contributed by atoms with Gasteiger partial charge in [0.25, 0.3) is 5.91 Å². The summed E-state index contributed by atoms with van der Waals surface area (Å²) in [6, 6.07) is 4.48. The molecule has 1 aromatic carbocycles. The molecule has 2 N–H and O–H groups in total. The van der Waals surface area contributed by atoms with Crippen LogP contribution in [0.3, 0.4) is 0 Å². The van der Waals surface area contributed by atoms with Gasteiger partial charge in [-0.25, -0.2) is 4.39 Å². The third kappa shape index (κ3) is 4.87. The van der Waals surface area contributed by atoms with Gasteiger partial charge in [-0.1, -0.05) is 13.0 Å². The molecule has 106 valence electrons. The molecule has 0 radical (unpaired) electrons. The second-order valence-electron chi connectivity index (χ2n) is 4.04. The lowest BCUT2D eigenvalue weighted by Crippen LogP contribution is -2.28. The van der Waals surface area contributed by atoms with Gasteiger partial charge in [-0.15, -0.1) is 0 Å². The Morgan fingerprint density at radius 1 is 1.32 bits per heavy atom. The number of anilines is 1. The fourth-order valence-corrected chi connectivity index (χ4v) is 1.62. The minimum Gasteiger partial charge on any atom is -0.382 e. The van der Waals surface area contributed by atoms with Gasteiger partial charge in [0, 0.05) is 19.7 Å². The Bertz CT molecular complexity index is 410. The number of carbonyl (C=O) groups excluding carboxylic acids is 1. The van der Waals surface area contributed by atoms with Crippen molar-refractivity contribution in [1.82, 2.24) is 5.32 Å². The molecular weight excluding hydrogens is 247 g/mol. The van der Waals surface area contributed by atoms with E-state index in [9.17, 15) is 9.18 Å². The van der Waals surface area contributed by atoms with Gasteiger partial charge < -0.3 is 15.4 Å². The van der Waals surface area contributed by atoms with Crippen LogP contribution >= 0.6 is 0 Å². The SMILES string of the molecule is CCCNc1c(F)cccc1C(=O)NCCOCC. The van der Waals surface area contributed by atoms with E-state index in [2.05, 4.69) is 10.6 Å². The van der Waals surface area contributed by atoms with Crippen LogP contribution in [-0.4, -0.2) is 32.2 Å². The molecule has 1 amide bonds. The van der Waals surface area contributed by atoms with Crippen molar-refractivity contribution in [1.29, 1.82) is 0 Å². The molecule has 0 saturated heterocycles. The van der Waals surface area contributed by atoms with Crippen molar-refractivity contribution in [3.05, 3.63) is 29.6 Å². The van der Waals surface area contributed by atoms with Gasteiger partial charge in [-0.2, -0.15) is 0 Å². The van der Waals surface area contributed by atoms with E-state index in [1.165, 1.54) is 12.1 Å². The number of ether oxygens (including phenoxy) is 1.